The van der Waals surface area contributed by atoms with Crippen LogP contribution >= 0.6 is 45.9 Å². The topological polar surface area (TPSA) is 250 Å². The number of nitrogens with two attached hydrogens (primary N) is 1. The summed E-state index contributed by atoms with van der Waals surface area (Å²) in [6.07, 6.45) is -3.58. The summed E-state index contributed by atoms with van der Waals surface area (Å²) >= 11 is 10.4. The highest BCUT2D eigenvalue weighted by atomic mass is 35.5. The number of hydrogen-bond acceptors (Lipinski definition) is 12. The van der Waals surface area contributed by atoms with Crippen LogP contribution < -0.4 is 5.73 Å². The van der Waals surface area contributed by atoms with Gasteiger partial charge in [0, 0.05) is 0 Å². The molecule has 22 heteroatoms. The molecule has 6 atom stereocenters. The monoisotopic (exact) mass is 567 g/mol. The standard InChI is InChI=1S/C11H15BCl2N5O11P3/c12-33(27,30-32(25,26)11(13,14)31(22,23)24)28-1-4-6(20)7(21)10(29-4)19-3-18-5-8(15)16-2-17-9(5)19/h2-4,6-7,10,20-21H,1H2,(H,25,26)(H2,15,16,17)(H2,22,23,24)/q-1/t4-,6-,7-,10-,33?/m1/s1. The summed E-state index contributed by atoms with van der Waals surface area (Å²) in [5.41, 5.74) is 6.04. The van der Waals surface area contributed by atoms with Crippen molar-refractivity contribution in [2.45, 2.75) is 28.4 Å². The average Bonchev–Trinajstić information content (AvgIpc) is 3.21. The molecule has 1 saturated heterocycles. The minimum atomic E-state index is -5.75. The van der Waals surface area contributed by atoms with Gasteiger partial charge in [-0.1, -0.05) is 23.2 Å². The van der Waals surface area contributed by atoms with Crippen molar-refractivity contribution < 1.29 is 52.2 Å². The Balaban J connectivity index is 1.72. The first-order valence-corrected chi connectivity index (χ1v) is 14.0. The van der Waals surface area contributed by atoms with Crippen molar-refractivity contribution in [3.8, 4) is 0 Å². The average molecular weight is 568 g/mol. The SMILES string of the molecule is [B-]P(=O)(OC[C@H]1O[C@@H](n2cnc3c(N)ncnc32)[C@H](O)[C@@H]1O)OP(=O)(O)C(Cl)(Cl)P(=O)(O)O. The molecule has 1 aliphatic rings. The van der Waals surface area contributed by atoms with Gasteiger partial charge in [-0.2, -0.15) is 0 Å². The second-order valence-electron chi connectivity index (χ2n) is 6.62. The third kappa shape index (κ3) is 5.16. The number of hydrogen-bond donors (Lipinski definition) is 6. The normalized spacial score (nSPS) is 28.0. The summed E-state index contributed by atoms with van der Waals surface area (Å²) in [5, 5.41) is 20.6. The number of fused-ring (bicyclic) bond motifs is 1. The molecule has 0 aliphatic carbocycles. The number of imidazole rings is 1. The van der Waals surface area contributed by atoms with Crippen molar-refractivity contribution in [3.05, 3.63) is 12.7 Å². The van der Waals surface area contributed by atoms with Gasteiger partial charge in [-0.05, 0) is 0 Å². The number of aliphatic hydroxyl groups is 2. The number of aliphatic hydroxyl groups excluding tert-OH is 2. The van der Waals surface area contributed by atoms with Crippen LogP contribution in [0.3, 0.4) is 0 Å². The minimum Gasteiger partial charge on any atom is -0.443 e. The number of aromatic nitrogens is 4. The fourth-order valence-corrected chi connectivity index (χ4v) is 7.09. The maximum Gasteiger partial charge on any atom is 0.381 e. The van der Waals surface area contributed by atoms with Crippen LogP contribution in [0.4, 0.5) is 5.82 Å². The number of ether oxygens (including phenoxy) is 1. The van der Waals surface area contributed by atoms with Gasteiger partial charge in [0.2, 0.25) is 0 Å². The van der Waals surface area contributed by atoms with E-state index in [-0.39, 0.29) is 17.0 Å². The molecule has 1 aliphatic heterocycles. The van der Waals surface area contributed by atoms with Gasteiger partial charge >= 0.3 is 19.0 Å². The Bertz CT molecular complexity index is 1200. The molecule has 2 aromatic heterocycles. The number of alkyl halides is 2. The van der Waals surface area contributed by atoms with Crippen LogP contribution in [0, 0.1) is 0 Å². The summed E-state index contributed by atoms with van der Waals surface area (Å²) in [4.78, 5) is 39.4. The van der Waals surface area contributed by atoms with Gasteiger partial charge in [-0.3, -0.25) is 18.0 Å². The van der Waals surface area contributed by atoms with Crippen LogP contribution in [0.1, 0.15) is 6.23 Å². The quantitative estimate of drug-likeness (QED) is 0.137. The number of halogens is 2. The Morgan fingerprint density at radius 1 is 1.18 bits per heavy atom. The smallest absolute Gasteiger partial charge is 0.381 e. The lowest BCUT2D eigenvalue weighted by Crippen LogP contribution is -2.33. The predicted octanol–water partition coefficient (Wildman–Crippen LogP) is -0.211. The Hall–Kier alpha value is -0.635. The van der Waals surface area contributed by atoms with E-state index >= 15 is 0 Å². The van der Waals surface area contributed by atoms with Gasteiger partial charge in [-0.25, -0.2) is 15.0 Å². The lowest BCUT2D eigenvalue weighted by molar-refractivity contribution is -0.0478. The first-order chi connectivity index (χ1) is 15.0. The Labute approximate surface area is 195 Å². The lowest BCUT2D eigenvalue weighted by Gasteiger charge is -2.33. The largest absolute Gasteiger partial charge is 0.443 e. The van der Waals surface area contributed by atoms with E-state index in [1.807, 2.05) is 0 Å². The molecule has 3 rings (SSSR count). The van der Waals surface area contributed by atoms with E-state index in [0.29, 0.717) is 0 Å². The fourth-order valence-electron chi connectivity index (χ4n) is 2.72. The van der Waals surface area contributed by atoms with Crippen molar-refractivity contribution >= 4 is 70.4 Å². The second kappa shape index (κ2) is 9.10. The second-order valence-corrected chi connectivity index (χ2v) is 14.8. The molecule has 0 spiro atoms. The van der Waals surface area contributed by atoms with E-state index in [4.69, 9.17) is 55.5 Å². The molecule has 1 fully saturated rings. The zero-order valence-corrected chi connectivity index (χ0v) is 20.1. The van der Waals surface area contributed by atoms with E-state index in [9.17, 15) is 28.8 Å². The zero-order valence-electron chi connectivity index (χ0n) is 15.9. The van der Waals surface area contributed by atoms with Crippen molar-refractivity contribution in [2.75, 3.05) is 12.3 Å². The lowest BCUT2D eigenvalue weighted by atomic mass is 10.1. The highest BCUT2D eigenvalue weighted by molar-refractivity contribution is 7.88. The number of anilines is 1. The van der Waals surface area contributed by atoms with Crippen LogP contribution in [0.15, 0.2) is 12.7 Å². The van der Waals surface area contributed by atoms with Gasteiger partial charge in [0.25, 0.3) is 0 Å². The first kappa shape index (κ1) is 27.0. The maximum absolute atomic E-state index is 12.3. The van der Waals surface area contributed by atoms with Crippen molar-refractivity contribution in [1.82, 2.24) is 19.5 Å². The molecule has 0 saturated carbocycles. The van der Waals surface area contributed by atoms with Crippen LogP contribution in [-0.4, -0.2) is 80.7 Å². The third-order valence-corrected chi connectivity index (χ3v) is 12.2. The summed E-state index contributed by atoms with van der Waals surface area (Å²) in [7, 11) is -11.3. The summed E-state index contributed by atoms with van der Waals surface area (Å²) in [6, 6.07) is 0. The Kier molecular flexibility index (Phi) is 7.44. The maximum atomic E-state index is 12.3. The van der Waals surface area contributed by atoms with Gasteiger partial charge in [0.1, 0.15) is 30.2 Å². The third-order valence-electron chi connectivity index (χ3n) is 4.33. The van der Waals surface area contributed by atoms with Crippen molar-refractivity contribution in [2.24, 2.45) is 0 Å². The molecule has 33 heavy (non-hydrogen) atoms. The molecule has 3 heterocycles. The first-order valence-electron chi connectivity index (χ1n) is 8.44. The van der Waals surface area contributed by atoms with Crippen molar-refractivity contribution in [3.63, 3.8) is 0 Å². The van der Waals surface area contributed by atoms with Crippen LogP contribution in [0.25, 0.3) is 11.2 Å². The van der Waals surface area contributed by atoms with Gasteiger partial charge in [-0.15, -0.1) is 0 Å². The van der Waals surface area contributed by atoms with Gasteiger partial charge < -0.3 is 52.0 Å². The summed E-state index contributed by atoms with van der Waals surface area (Å²) in [6.45, 7) is -0.875. The number of rotatable bonds is 8. The van der Waals surface area contributed by atoms with E-state index in [1.165, 1.54) is 10.9 Å². The van der Waals surface area contributed by atoms with E-state index in [1.54, 1.807) is 0 Å². The van der Waals surface area contributed by atoms with Gasteiger partial charge in [0.15, 0.2) is 17.7 Å². The summed E-state index contributed by atoms with van der Waals surface area (Å²) < 4.78 is 47.4. The molecular formula is C11H15BCl2N5O11P3-. The van der Waals surface area contributed by atoms with E-state index < -0.39 is 57.6 Å². The molecule has 183 valence electrons. The Morgan fingerprint density at radius 3 is 2.42 bits per heavy atom. The molecule has 0 bridgehead atoms. The molecule has 2 aromatic rings. The van der Waals surface area contributed by atoms with Crippen LogP contribution in [0.2, 0.25) is 0 Å². The van der Waals surface area contributed by atoms with Crippen molar-refractivity contribution in [1.29, 1.82) is 0 Å². The molecule has 16 nitrogen and oxygen atoms in total. The van der Waals surface area contributed by atoms with Gasteiger partial charge in [0.05, 0.1) is 20.4 Å². The molecule has 2 unspecified atom stereocenters. The minimum absolute atomic E-state index is 0.0475. The van der Waals surface area contributed by atoms with Crippen LogP contribution in [-0.2, 0) is 27.3 Å². The zero-order chi connectivity index (χ0) is 25.0. The van der Waals surface area contributed by atoms with E-state index in [2.05, 4.69) is 19.3 Å². The highest BCUT2D eigenvalue weighted by Gasteiger charge is 2.61. The molecular weight excluding hydrogens is 553 g/mol. The number of nitrogen functional groups attached to an aromatic ring is 1. The molecule has 0 amide bonds. The molecule has 3 radical (unpaired) electrons. The Morgan fingerprint density at radius 2 is 1.82 bits per heavy atom. The summed E-state index contributed by atoms with van der Waals surface area (Å²) in [5.74, 6) is 0.0475. The molecule has 7 N–H and O–H groups in total. The predicted molar refractivity (Wildman–Crippen MR) is 112 cm³/mol. The fraction of sp³-hybridized carbons (Fsp3) is 0.545. The van der Waals surface area contributed by atoms with E-state index in [0.717, 1.165) is 6.33 Å². The number of nitrogens with zero attached hydrogens (tertiary/aromatic N) is 4. The molecule has 0 aromatic carbocycles. The van der Waals surface area contributed by atoms with Crippen LogP contribution in [0.5, 0.6) is 0 Å². The highest BCUT2D eigenvalue weighted by Crippen LogP contribution is 2.79.